The fourth-order valence-electron chi connectivity index (χ4n) is 3.65. The number of nitrogens with zero attached hydrogens (tertiary/aromatic N) is 1. The number of nitrogens with one attached hydrogen (secondary N) is 2. The predicted octanol–water partition coefficient (Wildman–Crippen LogP) is 4.23. The van der Waals surface area contributed by atoms with Gasteiger partial charge in [0.15, 0.2) is 0 Å². The van der Waals surface area contributed by atoms with E-state index in [9.17, 15) is 14.4 Å². The summed E-state index contributed by atoms with van der Waals surface area (Å²) in [6.45, 7) is 6.42. The molecule has 1 atom stereocenters. The molecule has 2 aromatic carbocycles. The Morgan fingerprint density at radius 1 is 1.03 bits per heavy atom. The minimum Gasteiger partial charge on any atom is -0.326 e. The molecule has 0 saturated carbocycles. The van der Waals surface area contributed by atoms with Crippen molar-refractivity contribution < 1.29 is 14.4 Å². The van der Waals surface area contributed by atoms with Crippen LogP contribution in [0.3, 0.4) is 0 Å². The van der Waals surface area contributed by atoms with Crippen LogP contribution in [0.4, 0.5) is 17.1 Å². The van der Waals surface area contributed by atoms with Crippen molar-refractivity contribution in [1.82, 2.24) is 0 Å². The third-order valence-electron chi connectivity index (χ3n) is 5.19. The van der Waals surface area contributed by atoms with Gasteiger partial charge in [0.2, 0.25) is 17.7 Å². The van der Waals surface area contributed by atoms with E-state index < -0.39 is 5.92 Å². The largest absolute Gasteiger partial charge is 0.326 e. The molecular weight excluding hydrogens is 378 g/mol. The first-order valence-corrected chi connectivity index (χ1v) is 10.5. The summed E-state index contributed by atoms with van der Waals surface area (Å²) in [5, 5.41) is 5.73. The van der Waals surface area contributed by atoms with Crippen LogP contribution in [0.2, 0.25) is 0 Å². The van der Waals surface area contributed by atoms with E-state index in [1.807, 2.05) is 38.1 Å². The Morgan fingerprint density at radius 3 is 2.30 bits per heavy atom. The zero-order chi connectivity index (χ0) is 21.7. The van der Waals surface area contributed by atoms with Crippen molar-refractivity contribution in [2.45, 2.75) is 40.0 Å². The van der Waals surface area contributed by atoms with Crippen molar-refractivity contribution in [3.8, 4) is 0 Å². The lowest BCUT2D eigenvalue weighted by Gasteiger charge is -2.20. The first-order chi connectivity index (χ1) is 14.4. The van der Waals surface area contributed by atoms with Gasteiger partial charge in [-0.05, 0) is 48.2 Å². The van der Waals surface area contributed by atoms with Crippen LogP contribution < -0.4 is 15.5 Å². The third-order valence-corrected chi connectivity index (χ3v) is 5.19. The summed E-state index contributed by atoms with van der Waals surface area (Å²) in [4.78, 5) is 38.8. The second-order valence-corrected chi connectivity index (χ2v) is 8.10. The molecule has 1 unspecified atom stereocenters. The van der Waals surface area contributed by atoms with Gasteiger partial charge >= 0.3 is 0 Å². The molecular formula is C24H29N3O3. The summed E-state index contributed by atoms with van der Waals surface area (Å²) in [5.41, 5.74) is 3.32. The fourth-order valence-corrected chi connectivity index (χ4v) is 3.65. The number of benzene rings is 2. The van der Waals surface area contributed by atoms with E-state index in [4.69, 9.17) is 0 Å². The lowest BCUT2D eigenvalue weighted by Crippen LogP contribution is -2.28. The summed E-state index contributed by atoms with van der Waals surface area (Å²) in [6.07, 6.45) is 1.50. The number of aryl methyl sites for hydroxylation is 1. The SMILES string of the molecule is CCc1ccccc1N1CC(C(=O)Nc2ccc(NC(=O)CC(C)C)cc2)CC1=O. The molecule has 0 aliphatic carbocycles. The van der Waals surface area contributed by atoms with Crippen LogP contribution in [-0.2, 0) is 20.8 Å². The maximum Gasteiger partial charge on any atom is 0.229 e. The quantitative estimate of drug-likeness (QED) is 0.721. The molecule has 3 rings (SSSR count). The Bertz CT molecular complexity index is 922. The fraction of sp³-hybridized carbons (Fsp3) is 0.375. The third kappa shape index (κ3) is 5.26. The molecule has 158 valence electrons. The first-order valence-electron chi connectivity index (χ1n) is 10.5. The topological polar surface area (TPSA) is 78.5 Å². The van der Waals surface area contributed by atoms with Gasteiger partial charge in [0, 0.05) is 36.4 Å². The van der Waals surface area contributed by atoms with Gasteiger partial charge in [-0.15, -0.1) is 0 Å². The lowest BCUT2D eigenvalue weighted by molar-refractivity contribution is -0.122. The maximum atomic E-state index is 12.7. The molecule has 0 radical (unpaired) electrons. The zero-order valence-electron chi connectivity index (χ0n) is 17.8. The lowest BCUT2D eigenvalue weighted by atomic mass is 10.1. The summed E-state index contributed by atoms with van der Waals surface area (Å²) in [7, 11) is 0. The molecule has 1 aliphatic rings. The highest BCUT2D eigenvalue weighted by molar-refractivity contribution is 6.04. The number of amides is 3. The summed E-state index contributed by atoms with van der Waals surface area (Å²) in [6, 6.07) is 14.8. The number of rotatable bonds is 7. The molecule has 2 aromatic rings. The van der Waals surface area contributed by atoms with Crippen molar-refractivity contribution >= 4 is 34.8 Å². The highest BCUT2D eigenvalue weighted by Crippen LogP contribution is 2.29. The van der Waals surface area contributed by atoms with E-state index in [0.717, 1.165) is 17.7 Å². The molecule has 3 amide bonds. The minimum atomic E-state index is -0.396. The number of carbonyl (C=O) groups excluding carboxylic acids is 3. The van der Waals surface area contributed by atoms with Gasteiger partial charge in [-0.3, -0.25) is 14.4 Å². The highest BCUT2D eigenvalue weighted by atomic mass is 16.2. The minimum absolute atomic E-state index is 0.0285. The van der Waals surface area contributed by atoms with Gasteiger partial charge in [0.05, 0.1) is 5.92 Å². The number of anilines is 3. The van der Waals surface area contributed by atoms with Crippen LogP contribution in [-0.4, -0.2) is 24.3 Å². The molecule has 0 bridgehead atoms. The van der Waals surface area contributed by atoms with E-state index in [1.54, 1.807) is 29.2 Å². The predicted molar refractivity (Wildman–Crippen MR) is 119 cm³/mol. The standard InChI is InChI=1S/C24H29N3O3/c1-4-17-7-5-6-8-21(17)27-15-18(14-23(27)29)24(30)26-20-11-9-19(10-12-20)25-22(28)13-16(2)3/h5-12,16,18H,4,13-15H2,1-3H3,(H,25,28)(H,26,30). The van der Waals surface area contributed by atoms with E-state index >= 15 is 0 Å². The molecule has 2 N–H and O–H groups in total. The average molecular weight is 408 g/mol. The highest BCUT2D eigenvalue weighted by Gasteiger charge is 2.35. The van der Waals surface area contributed by atoms with Crippen LogP contribution in [0, 0.1) is 11.8 Å². The Balaban J connectivity index is 1.60. The van der Waals surface area contributed by atoms with Gasteiger partial charge in [0.25, 0.3) is 0 Å². The van der Waals surface area contributed by atoms with Crippen molar-refractivity contribution in [2.24, 2.45) is 11.8 Å². The maximum absolute atomic E-state index is 12.7. The molecule has 1 fully saturated rings. The first kappa shape index (κ1) is 21.6. The molecule has 1 heterocycles. The van der Waals surface area contributed by atoms with Crippen molar-refractivity contribution in [3.05, 3.63) is 54.1 Å². The van der Waals surface area contributed by atoms with E-state index in [2.05, 4.69) is 17.6 Å². The van der Waals surface area contributed by atoms with Crippen molar-refractivity contribution in [1.29, 1.82) is 0 Å². The Morgan fingerprint density at radius 2 is 1.67 bits per heavy atom. The van der Waals surface area contributed by atoms with Crippen molar-refractivity contribution in [3.63, 3.8) is 0 Å². The van der Waals surface area contributed by atoms with Crippen LogP contribution in [0.25, 0.3) is 0 Å². The number of para-hydroxylation sites is 1. The van der Waals surface area contributed by atoms with Gasteiger partial charge in [-0.2, -0.15) is 0 Å². The van der Waals surface area contributed by atoms with Crippen LogP contribution in [0.1, 0.15) is 39.2 Å². The molecule has 6 heteroatoms. The summed E-state index contributed by atoms with van der Waals surface area (Å²) in [5.74, 6) is -0.330. The molecule has 1 saturated heterocycles. The summed E-state index contributed by atoms with van der Waals surface area (Å²) < 4.78 is 0. The summed E-state index contributed by atoms with van der Waals surface area (Å²) >= 11 is 0. The van der Waals surface area contributed by atoms with Gasteiger partial charge in [0.1, 0.15) is 0 Å². The number of hydrogen-bond acceptors (Lipinski definition) is 3. The second kappa shape index (κ2) is 9.57. The molecule has 0 spiro atoms. The molecule has 0 aromatic heterocycles. The van der Waals surface area contributed by atoms with Crippen LogP contribution in [0.5, 0.6) is 0 Å². The van der Waals surface area contributed by atoms with Gasteiger partial charge < -0.3 is 15.5 Å². The Labute approximate surface area is 177 Å². The number of hydrogen-bond donors (Lipinski definition) is 2. The smallest absolute Gasteiger partial charge is 0.229 e. The Hall–Kier alpha value is -3.15. The van der Waals surface area contributed by atoms with E-state index in [0.29, 0.717) is 30.3 Å². The number of carbonyl (C=O) groups is 3. The van der Waals surface area contributed by atoms with Gasteiger partial charge in [-0.1, -0.05) is 39.0 Å². The molecule has 6 nitrogen and oxygen atoms in total. The molecule has 30 heavy (non-hydrogen) atoms. The van der Waals surface area contributed by atoms with Gasteiger partial charge in [-0.25, -0.2) is 0 Å². The van der Waals surface area contributed by atoms with E-state index in [-0.39, 0.29) is 24.1 Å². The second-order valence-electron chi connectivity index (χ2n) is 8.10. The van der Waals surface area contributed by atoms with Crippen LogP contribution in [0.15, 0.2) is 48.5 Å². The Kier molecular flexibility index (Phi) is 6.87. The molecule has 1 aliphatic heterocycles. The zero-order valence-corrected chi connectivity index (χ0v) is 17.8. The van der Waals surface area contributed by atoms with Crippen molar-refractivity contribution in [2.75, 3.05) is 22.1 Å². The average Bonchev–Trinajstić information content (AvgIpc) is 3.10. The van der Waals surface area contributed by atoms with E-state index in [1.165, 1.54) is 0 Å². The monoisotopic (exact) mass is 407 g/mol. The van der Waals surface area contributed by atoms with Crippen LogP contribution >= 0.6 is 0 Å². The normalized spacial score (nSPS) is 16.1.